The zero-order valence-corrected chi connectivity index (χ0v) is 13.7. The number of nitrogens with zero attached hydrogens (tertiary/aromatic N) is 1. The Morgan fingerprint density at radius 2 is 1.87 bits per heavy atom. The molecule has 1 aromatic rings. The molecule has 2 saturated heterocycles. The molecular formula is C17H23NO5. The van der Waals surface area contributed by atoms with Crippen LogP contribution < -0.4 is 9.47 Å². The fourth-order valence-corrected chi connectivity index (χ4v) is 3.18. The molecule has 0 aliphatic carbocycles. The standard InChI is InChI=1S/C17H23NO5/c1-20-14-3-4-15(21-2)13(11-14)12-16(19)18-7-5-17(6-8-18)22-9-10-23-17/h3-4,11H,5-10,12H2,1-2H3. The molecule has 0 bridgehead atoms. The van der Waals surface area contributed by atoms with Gasteiger partial charge in [0, 0.05) is 31.5 Å². The molecule has 0 atom stereocenters. The summed E-state index contributed by atoms with van der Waals surface area (Å²) in [6, 6.07) is 5.50. The zero-order chi connectivity index (χ0) is 16.3. The molecule has 0 saturated carbocycles. The van der Waals surface area contributed by atoms with Crippen molar-refractivity contribution in [3.63, 3.8) is 0 Å². The molecule has 1 spiro atoms. The number of likely N-dealkylation sites (tertiary alicyclic amines) is 1. The third-order valence-corrected chi connectivity index (χ3v) is 4.52. The Morgan fingerprint density at radius 3 is 2.48 bits per heavy atom. The van der Waals surface area contributed by atoms with Crippen LogP contribution >= 0.6 is 0 Å². The van der Waals surface area contributed by atoms with Gasteiger partial charge in [-0.05, 0) is 18.2 Å². The summed E-state index contributed by atoms with van der Waals surface area (Å²) in [6.07, 6.45) is 1.76. The molecule has 0 N–H and O–H groups in total. The summed E-state index contributed by atoms with van der Waals surface area (Å²) >= 11 is 0. The van der Waals surface area contributed by atoms with Gasteiger partial charge in [0.1, 0.15) is 11.5 Å². The predicted molar refractivity (Wildman–Crippen MR) is 83.7 cm³/mol. The SMILES string of the molecule is COc1ccc(OC)c(CC(=O)N2CCC3(CC2)OCCO3)c1. The van der Waals surface area contributed by atoms with Gasteiger partial charge < -0.3 is 23.8 Å². The van der Waals surface area contributed by atoms with Gasteiger partial charge in [-0.25, -0.2) is 0 Å². The molecule has 0 unspecified atom stereocenters. The number of methoxy groups -OCH3 is 2. The van der Waals surface area contributed by atoms with Crippen LogP contribution in [0.5, 0.6) is 11.5 Å². The van der Waals surface area contributed by atoms with Gasteiger partial charge in [-0.2, -0.15) is 0 Å². The topological polar surface area (TPSA) is 57.2 Å². The Balaban J connectivity index is 1.63. The summed E-state index contributed by atoms with van der Waals surface area (Å²) in [5, 5.41) is 0. The highest BCUT2D eigenvalue weighted by Crippen LogP contribution is 2.32. The molecule has 3 rings (SSSR count). The first-order chi connectivity index (χ1) is 11.2. The third kappa shape index (κ3) is 3.43. The van der Waals surface area contributed by atoms with E-state index in [0.29, 0.717) is 38.5 Å². The lowest BCUT2D eigenvalue weighted by Crippen LogP contribution is -2.47. The van der Waals surface area contributed by atoms with Gasteiger partial charge in [0.05, 0.1) is 33.9 Å². The molecule has 0 aromatic heterocycles. The molecular weight excluding hydrogens is 298 g/mol. The summed E-state index contributed by atoms with van der Waals surface area (Å²) in [7, 11) is 3.22. The molecule has 1 amide bonds. The Kier molecular flexibility index (Phi) is 4.73. The highest BCUT2D eigenvalue weighted by Gasteiger charge is 2.40. The minimum absolute atomic E-state index is 0.0874. The first-order valence-corrected chi connectivity index (χ1v) is 7.92. The lowest BCUT2D eigenvalue weighted by Gasteiger charge is -2.37. The number of piperidine rings is 1. The number of amides is 1. The number of carbonyl (C=O) groups excluding carboxylic acids is 1. The molecule has 126 valence electrons. The molecule has 2 aliphatic heterocycles. The molecule has 1 aromatic carbocycles. The summed E-state index contributed by atoms with van der Waals surface area (Å²) in [5.41, 5.74) is 0.838. The third-order valence-electron chi connectivity index (χ3n) is 4.52. The van der Waals surface area contributed by atoms with Gasteiger partial charge in [-0.3, -0.25) is 4.79 Å². The number of hydrogen-bond acceptors (Lipinski definition) is 5. The van der Waals surface area contributed by atoms with Gasteiger partial charge in [-0.15, -0.1) is 0 Å². The number of ether oxygens (including phenoxy) is 4. The van der Waals surface area contributed by atoms with Crippen LogP contribution in [0.4, 0.5) is 0 Å². The van der Waals surface area contributed by atoms with Gasteiger partial charge in [-0.1, -0.05) is 0 Å². The smallest absolute Gasteiger partial charge is 0.227 e. The van der Waals surface area contributed by atoms with E-state index in [0.717, 1.165) is 24.2 Å². The number of hydrogen-bond donors (Lipinski definition) is 0. The minimum Gasteiger partial charge on any atom is -0.497 e. The van der Waals surface area contributed by atoms with E-state index in [4.69, 9.17) is 18.9 Å². The Labute approximate surface area is 136 Å². The van der Waals surface area contributed by atoms with E-state index < -0.39 is 5.79 Å². The summed E-state index contributed by atoms with van der Waals surface area (Å²) in [4.78, 5) is 14.5. The highest BCUT2D eigenvalue weighted by molar-refractivity contribution is 5.79. The van der Waals surface area contributed by atoms with E-state index >= 15 is 0 Å². The van der Waals surface area contributed by atoms with Crippen molar-refractivity contribution in [2.45, 2.75) is 25.0 Å². The van der Waals surface area contributed by atoms with Crippen LogP contribution in [0.1, 0.15) is 18.4 Å². The minimum atomic E-state index is -0.454. The number of carbonyl (C=O) groups is 1. The Hall–Kier alpha value is -1.79. The second kappa shape index (κ2) is 6.76. The number of rotatable bonds is 4. The van der Waals surface area contributed by atoms with E-state index in [1.54, 1.807) is 14.2 Å². The molecule has 2 fully saturated rings. The second-order valence-electron chi connectivity index (χ2n) is 5.84. The predicted octanol–water partition coefficient (Wildman–Crippen LogP) is 1.61. The highest BCUT2D eigenvalue weighted by atomic mass is 16.7. The fraction of sp³-hybridized carbons (Fsp3) is 0.588. The maximum atomic E-state index is 12.6. The maximum absolute atomic E-state index is 12.6. The van der Waals surface area contributed by atoms with Crippen molar-refractivity contribution in [1.82, 2.24) is 4.90 Å². The van der Waals surface area contributed by atoms with Crippen molar-refractivity contribution in [2.24, 2.45) is 0 Å². The van der Waals surface area contributed by atoms with Crippen molar-refractivity contribution >= 4 is 5.91 Å². The lowest BCUT2D eigenvalue weighted by molar-refractivity contribution is -0.187. The van der Waals surface area contributed by atoms with Gasteiger partial charge >= 0.3 is 0 Å². The van der Waals surface area contributed by atoms with Crippen molar-refractivity contribution < 1.29 is 23.7 Å². The van der Waals surface area contributed by atoms with Crippen molar-refractivity contribution in [1.29, 1.82) is 0 Å². The van der Waals surface area contributed by atoms with E-state index in [2.05, 4.69) is 0 Å². The van der Waals surface area contributed by atoms with Gasteiger partial charge in [0.25, 0.3) is 0 Å². The number of benzene rings is 1. The van der Waals surface area contributed by atoms with E-state index in [-0.39, 0.29) is 5.91 Å². The molecule has 6 heteroatoms. The van der Waals surface area contributed by atoms with Crippen molar-refractivity contribution in [3.05, 3.63) is 23.8 Å². The average molecular weight is 321 g/mol. The molecule has 6 nitrogen and oxygen atoms in total. The Bertz CT molecular complexity index is 558. The van der Waals surface area contributed by atoms with Crippen LogP contribution in [0.25, 0.3) is 0 Å². The molecule has 2 aliphatic rings. The summed E-state index contributed by atoms with van der Waals surface area (Å²) in [5.74, 6) is 1.06. The van der Waals surface area contributed by atoms with Crippen molar-refractivity contribution in [3.8, 4) is 11.5 Å². The van der Waals surface area contributed by atoms with Crippen LogP contribution in [0, 0.1) is 0 Å². The molecule has 23 heavy (non-hydrogen) atoms. The Morgan fingerprint density at radius 1 is 1.17 bits per heavy atom. The average Bonchev–Trinajstić information content (AvgIpc) is 3.03. The normalized spacial score (nSPS) is 19.8. The summed E-state index contributed by atoms with van der Waals surface area (Å²) < 4.78 is 22.0. The fourth-order valence-electron chi connectivity index (χ4n) is 3.18. The molecule has 2 heterocycles. The summed E-state index contributed by atoms with van der Waals surface area (Å²) in [6.45, 7) is 2.61. The van der Waals surface area contributed by atoms with Crippen LogP contribution in [0.3, 0.4) is 0 Å². The van der Waals surface area contributed by atoms with E-state index in [1.807, 2.05) is 23.1 Å². The first kappa shape index (κ1) is 16.1. The first-order valence-electron chi connectivity index (χ1n) is 7.92. The van der Waals surface area contributed by atoms with Crippen LogP contribution in [-0.2, 0) is 20.7 Å². The molecule has 0 radical (unpaired) electrons. The second-order valence-corrected chi connectivity index (χ2v) is 5.84. The van der Waals surface area contributed by atoms with Crippen molar-refractivity contribution in [2.75, 3.05) is 40.5 Å². The van der Waals surface area contributed by atoms with Crippen LogP contribution in [0.2, 0.25) is 0 Å². The van der Waals surface area contributed by atoms with Gasteiger partial charge in [0.2, 0.25) is 5.91 Å². The van der Waals surface area contributed by atoms with E-state index in [9.17, 15) is 4.79 Å². The van der Waals surface area contributed by atoms with Crippen LogP contribution in [-0.4, -0.2) is 57.1 Å². The van der Waals surface area contributed by atoms with E-state index in [1.165, 1.54) is 0 Å². The zero-order valence-electron chi connectivity index (χ0n) is 13.7. The van der Waals surface area contributed by atoms with Crippen LogP contribution in [0.15, 0.2) is 18.2 Å². The monoisotopic (exact) mass is 321 g/mol. The maximum Gasteiger partial charge on any atom is 0.227 e. The lowest BCUT2D eigenvalue weighted by atomic mass is 10.0. The largest absolute Gasteiger partial charge is 0.497 e. The van der Waals surface area contributed by atoms with Gasteiger partial charge in [0.15, 0.2) is 5.79 Å². The quantitative estimate of drug-likeness (QED) is 0.843.